The lowest BCUT2D eigenvalue weighted by Crippen LogP contribution is -2.38. The van der Waals surface area contributed by atoms with Gasteiger partial charge in [0.2, 0.25) is 0 Å². The van der Waals surface area contributed by atoms with Crippen LogP contribution in [0.25, 0.3) is 0 Å². The van der Waals surface area contributed by atoms with Crippen LogP contribution in [0.5, 0.6) is 0 Å². The van der Waals surface area contributed by atoms with Gasteiger partial charge < -0.3 is 9.47 Å². The van der Waals surface area contributed by atoms with Crippen molar-refractivity contribution in [2.24, 2.45) is 0 Å². The first-order chi connectivity index (χ1) is 12.3. The highest BCUT2D eigenvalue weighted by Crippen LogP contribution is 2.22. The minimum Gasteiger partial charge on any atom is -0.460 e. The van der Waals surface area contributed by atoms with Crippen LogP contribution in [0, 0.1) is 0 Å². The Bertz CT molecular complexity index is 651. The van der Waals surface area contributed by atoms with Gasteiger partial charge in [-0.05, 0) is 24.0 Å². The number of benzene rings is 2. The standard InChI is InChI=1S/C21H25NO3/c1-24-20(18-10-6-3-7-11-18)21(23)25-19-12-14-22(15-13-19)16-17-8-4-2-5-9-17/h2-11,19-20H,12-16H2,1H3/t20-/m0/s1. The van der Waals surface area contributed by atoms with E-state index in [0.717, 1.165) is 38.0 Å². The van der Waals surface area contributed by atoms with Gasteiger partial charge in [-0.2, -0.15) is 0 Å². The summed E-state index contributed by atoms with van der Waals surface area (Å²) in [6.07, 6.45) is 1.05. The zero-order chi connectivity index (χ0) is 17.5. The summed E-state index contributed by atoms with van der Waals surface area (Å²) in [4.78, 5) is 14.9. The molecule has 1 fully saturated rings. The van der Waals surface area contributed by atoms with E-state index in [2.05, 4.69) is 29.2 Å². The number of carbonyl (C=O) groups excluding carboxylic acids is 1. The number of likely N-dealkylation sites (tertiary alicyclic amines) is 1. The molecule has 25 heavy (non-hydrogen) atoms. The summed E-state index contributed by atoms with van der Waals surface area (Å²) in [6, 6.07) is 20.0. The lowest BCUT2D eigenvalue weighted by atomic mass is 10.1. The number of carbonyl (C=O) groups is 1. The predicted molar refractivity (Wildman–Crippen MR) is 97.0 cm³/mol. The van der Waals surface area contributed by atoms with Gasteiger partial charge in [-0.25, -0.2) is 4.79 Å². The zero-order valence-electron chi connectivity index (χ0n) is 14.6. The normalized spacial score (nSPS) is 17.2. The monoisotopic (exact) mass is 339 g/mol. The molecule has 2 aromatic carbocycles. The van der Waals surface area contributed by atoms with E-state index in [-0.39, 0.29) is 12.1 Å². The summed E-state index contributed by atoms with van der Waals surface area (Å²) in [7, 11) is 1.54. The van der Waals surface area contributed by atoms with Crippen molar-refractivity contribution in [2.75, 3.05) is 20.2 Å². The maximum atomic E-state index is 12.5. The Labute approximate surface area is 149 Å². The molecular formula is C21H25NO3. The number of rotatable bonds is 6. The highest BCUT2D eigenvalue weighted by Gasteiger charge is 2.27. The maximum Gasteiger partial charge on any atom is 0.340 e. The number of ether oxygens (including phenoxy) is 2. The molecule has 1 atom stereocenters. The third-order valence-electron chi connectivity index (χ3n) is 4.62. The van der Waals surface area contributed by atoms with Gasteiger partial charge in [0.15, 0.2) is 6.10 Å². The molecule has 0 amide bonds. The van der Waals surface area contributed by atoms with Gasteiger partial charge >= 0.3 is 5.97 Å². The number of piperidine rings is 1. The predicted octanol–water partition coefficient (Wildman–Crippen LogP) is 3.58. The van der Waals surface area contributed by atoms with Crippen molar-refractivity contribution in [3.8, 4) is 0 Å². The molecule has 0 spiro atoms. The van der Waals surface area contributed by atoms with Crippen molar-refractivity contribution in [1.29, 1.82) is 0 Å². The third-order valence-corrected chi connectivity index (χ3v) is 4.62. The smallest absolute Gasteiger partial charge is 0.340 e. The number of hydrogen-bond donors (Lipinski definition) is 0. The van der Waals surface area contributed by atoms with Crippen molar-refractivity contribution in [2.45, 2.75) is 31.6 Å². The molecule has 4 nitrogen and oxygen atoms in total. The van der Waals surface area contributed by atoms with Gasteiger partial charge in [0, 0.05) is 26.7 Å². The molecule has 4 heteroatoms. The fourth-order valence-corrected chi connectivity index (χ4v) is 3.25. The number of hydrogen-bond acceptors (Lipinski definition) is 4. The Morgan fingerprint density at radius 1 is 1.04 bits per heavy atom. The van der Waals surface area contributed by atoms with Crippen molar-refractivity contribution in [3.63, 3.8) is 0 Å². The van der Waals surface area contributed by atoms with E-state index in [1.54, 1.807) is 7.11 Å². The molecule has 1 heterocycles. The number of nitrogens with zero attached hydrogens (tertiary/aromatic N) is 1. The van der Waals surface area contributed by atoms with Gasteiger partial charge in [0.1, 0.15) is 6.10 Å². The summed E-state index contributed by atoms with van der Waals surface area (Å²) in [5, 5.41) is 0. The second-order valence-corrected chi connectivity index (χ2v) is 6.42. The SMILES string of the molecule is CO[C@H](C(=O)OC1CCN(Cc2ccccc2)CC1)c1ccccc1. The van der Waals surface area contributed by atoms with Gasteiger partial charge in [-0.15, -0.1) is 0 Å². The molecule has 132 valence electrons. The molecule has 1 saturated heterocycles. The minimum atomic E-state index is -0.649. The molecule has 0 N–H and O–H groups in total. The second kappa shape index (κ2) is 8.79. The van der Waals surface area contributed by atoms with E-state index < -0.39 is 6.10 Å². The van der Waals surface area contributed by atoms with Crippen LogP contribution in [-0.4, -0.2) is 37.2 Å². The van der Waals surface area contributed by atoms with Crippen LogP contribution in [-0.2, 0) is 20.8 Å². The van der Waals surface area contributed by atoms with E-state index in [1.165, 1.54) is 5.56 Å². The van der Waals surface area contributed by atoms with Crippen LogP contribution in [0.2, 0.25) is 0 Å². The van der Waals surface area contributed by atoms with E-state index in [1.807, 2.05) is 36.4 Å². The van der Waals surface area contributed by atoms with Crippen molar-refractivity contribution >= 4 is 5.97 Å². The fraction of sp³-hybridized carbons (Fsp3) is 0.381. The fourth-order valence-electron chi connectivity index (χ4n) is 3.25. The molecule has 0 unspecified atom stereocenters. The van der Waals surface area contributed by atoms with Gasteiger partial charge in [-0.1, -0.05) is 60.7 Å². The van der Waals surface area contributed by atoms with E-state index in [0.29, 0.717) is 0 Å². The van der Waals surface area contributed by atoms with Crippen LogP contribution < -0.4 is 0 Å². The summed E-state index contributed by atoms with van der Waals surface area (Å²) in [6.45, 7) is 2.83. The Morgan fingerprint density at radius 2 is 1.64 bits per heavy atom. The van der Waals surface area contributed by atoms with Crippen LogP contribution in [0.4, 0.5) is 0 Å². The molecule has 0 bridgehead atoms. The highest BCUT2D eigenvalue weighted by atomic mass is 16.6. The highest BCUT2D eigenvalue weighted by molar-refractivity contribution is 5.76. The number of esters is 1. The van der Waals surface area contributed by atoms with Gasteiger partial charge in [-0.3, -0.25) is 4.90 Å². The Morgan fingerprint density at radius 3 is 2.24 bits per heavy atom. The van der Waals surface area contributed by atoms with Crippen LogP contribution >= 0.6 is 0 Å². The Kier molecular flexibility index (Phi) is 6.20. The average Bonchev–Trinajstić information content (AvgIpc) is 2.66. The molecular weight excluding hydrogens is 314 g/mol. The zero-order valence-corrected chi connectivity index (χ0v) is 14.6. The lowest BCUT2D eigenvalue weighted by molar-refractivity contribution is -0.163. The Balaban J connectivity index is 1.49. The van der Waals surface area contributed by atoms with Crippen LogP contribution in [0.15, 0.2) is 60.7 Å². The maximum absolute atomic E-state index is 12.5. The lowest BCUT2D eigenvalue weighted by Gasteiger charge is -2.32. The molecule has 1 aliphatic rings. The van der Waals surface area contributed by atoms with Crippen molar-refractivity contribution < 1.29 is 14.3 Å². The largest absolute Gasteiger partial charge is 0.460 e. The summed E-state index contributed by atoms with van der Waals surface area (Å²) >= 11 is 0. The van der Waals surface area contributed by atoms with E-state index >= 15 is 0 Å². The first-order valence-corrected chi connectivity index (χ1v) is 8.81. The van der Waals surface area contributed by atoms with Crippen molar-refractivity contribution in [3.05, 3.63) is 71.8 Å². The quantitative estimate of drug-likeness (QED) is 0.754. The average molecular weight is 339 g/mol. The van der Waals surface area contributed by atoms with Gasteiger partial charge in [0.05, 0.1) is 0 Å². The summed E-state index contributed by atoms with van der Waals surface area (Å²) in [5.41, 5.74) is 2.15. The topological polar surface area (TPSA) is 38.8 Å². The first-order valence-electron chi connectivity index (χ1n) is 8.81. The first kappa shape index (κ1) is 17.6. The molecule has 2 aromatic rings. The third kappa shape index (κ3) is 4.91. The summed E-state index contributed by atoms with van der Waals surface area (Å²) < 4.78 is 11.1. The van der Waals surface area contributed by atoms with Crippen molar-refractivity contribution in [1.82, 2.24) is 4.90 Å². The second-order valence-electron chi connectivity index (χ2n) is 6.42. The molecule has 0 aromatic heterocycles. The number of methoxy groups -OCH3 is 1. The van der Waals surface area contributed by atoms with E-state index in [4.69, 9.17) is 9.47 Å². The van der Waals surface area contributed by atoms with E-state index in [9.17, 15) is 4.79 Å². The summed E-state index contributed by atoms with van der Waals surface area (Å²) in [5.74, 6) is -0.296. The molecule has 0 saturated carbocycles. The molecule has 0 radical (unpaired) electrons. The molecule has 0 aliphatic carbocycles. The molecule has 3 rings (SSSR count). The Hall–Kier alpha value is -2.17. The van der Waals surface area contributed by atoms with Crippen LogP contribution in [0.3, 0.4) is 0 Å². The minimum absolute atomic E-state index is 0.0270. The van der Waals surface area contributed by atoms with Crippen LogP contribution in [0.1, 0.15) is 30.1 Å². The molecule has 1 aliphatic heterocycles. The van der Waals surface area contributed by atoms with Gasteiger partial charge in [0.25, 0.3) is 0 Å².